The van der Waals surface area contributed by atoms with Crippen LogP contribution in [0.1, 0.15) is 13.3 Å². The molecule has 0 bridgehead atoms. The van der Waals surface area contributed by atoms with Crippen LogP contribution >= 0.6 is 0 Å². The zero-order valence-electron chi connectivity index (χ0n) is 10.1. The zero-order valence-corrected chi connectivity index (χ0v) is 10.9. The van der Waals surface area contributed by atoms with Crippen molar-refractivity contribution in [2.75, 3.05) is 25.9 Å². The fraction of sp³-hybridized carbons (Fsp3) is 0.889. The van der Waals surface area contributed by atoms with Crippen molar-refractivity contribution in [3.05, 3.63) is 0 Å². The molecule has 0 aromatic carbocycles. The number of carbonyl (C=O) groups excluding carboxylic acids is 1. The molecule has 1 atom stereocenters. The van der Waals surface area contributed by atoms with Gasteiger partial charge in [0.2, 0.25) is 10.0 Å². The van der Waals surface area contributed by atoms with Gasteiger partial charge in [-0.15, -0.1) is 0 Å². The van der Waals surface area contributed by atoms with Crippen molar-refractivity contribution in [3.63, 3.8) is 0 Å². The highest BCUT2D eigenvalue weighted by atomic mass is 32.2. The maximum Gasteiger partial charge on any atom is 0.401 e. The lowest BCUT2D eigenvalue weighted by Crippen LogP contribution is -2.48. The van der Waals surface area contributed by atoms with Crippen LogP contribution in [0.3, 0.4) is 0 Å². The molecule has 1 saturated heterocycles. The van der Waals surface area contributed by atoms with E-state index in [9.17, 15) is 26.4 Å². The number of rotatable bonds is 3. The smallest absolute Gasteiger partial charge is 0.287 e. The van der Waals surface area contributed by atoms with Crippen LogP contribution in [-0.2, 0) is 14.8 Å². The van der Waals surface area contributed by atoms with Crippen molar-refractivity contribution in [2.45, 2.75) is 25.6 Å². The first-order valence-corrected chi connectivity index (χ1v) is 6.97. The quantitative estimate of drug-likeness (QED) is 0.756. The second kappa shape index (κ2) is 5.04. The highest BCUT2D eigenvalue weighted by Crippen LogP contribution is 2.20. The third-order valence-electron chi connectivity index (χ3n) is 2.79. The third-order valence-corrected chi connectivity index (χ3v) is 4.63. The first kappa shape index (κ1) is 15.2. The van der Waals surface area contributed by atoms with E-state index in [4.69, 9.17) is 0 Å². The minimum absolute atomic E-state index is 0.0470. The number of hydrogen-bond acceptors (Lipinski definition) is 4. The maximum absolute atomic E-state index is 12.2. The molecule has 1 rings (SSSR count). The van der Waals surface area contributed by atoms with Crippen molar-refractivity contribution in [1.29, 1.82) is 0 Å². The standard InChI is InChI=1S/C9H15F3N2O3S/c1-7(13(2)6-9(10,11)12)8(15)14-4-3-5-18(14,16)17/h7H,3-6H2,1-2H3/t7-/m1/s1. The number of carbonyl (C=O) groups is 1. The van der Waals surface area contributed by atoms with Crippen LogP contribution in [-0.4, -0.2) is 61.6 Å². The van der Waals surface area contributed by atoms with Crippen LogP contribution in [0.5, 0.6) is 0 Å². The molecule has 106 valence electrons. The summed E-state index contributed by atoms with van der Waals surface area (Å²) in [6.07, 6.45) is -4.10. The minimum atomic E-state index is -4.42. The van der Waals surface area contributed by atoms with Crippen molar-refractivity contribution < 1.29 is 26.4 Å². The van der Waals surface area contributed by atoms with Crippen molar-refractivity contribution in [3.8, 4) is 0 Å². The molecule has 1 aliphatic rings. The Morgan fingerprint density at radius 3 is 2.39 bits per heavy atom. The van der Waals surface area contributed by atoms with E-state index < -0.39 is 34.7 Å². The molecule has 0 aliphatic carbocycles. The molecule has 0 aromatic heterocycles. The molecular weight excluding hydrogens is 273 g/mol. The Morgan fingerprint density at radius 2 is 2.00 bits per heavy atom. The first-order chi connectivity index (χ1) is 8.04. The summed E-state index contributed by atoms with van der Waals surface area (Å²) >= 11 is 0. The Balaban J connectivity index is 2.73. The summed E-state index contributed by atoms with van der Waals surface area (Å²) in [6, 6.07) is -1.13. The van der Waals surface area contributed by atoms with E-state index in [1.807, 2.05) is 0 Å². The molecule has 1 heterocycles. The van der Waals surface area contributed by atoms with E-state index >= 15 is 0 Å². The molecule has 1 fully saturated rings. The summed E-state index contributed by atoms with van der Waals surface area (Å²) < 4.78 is 60.2. The number of halogens is 3. The van der Waals surface area contributed by atoms with Gasteiger partial charge in [0.05, 0.1) is 18.3 Å². The van der Waals surface area contributed by atoms with E-state index in [1.54, 1.807) is 0 Å². The molecule has 18 heavy (non-hydrogen) atoms. The Hall–Kier alpha value is -0.830. The van der Waals surface area contributed by atoms with Crippen LogP contribution in [0.15, 0.2) is 0 Å². The van der Waals surface area contributed by atoms with Gasteiger partial charge in [0.1, 0.15) is 0 Å². The molecule has 0 saturated carbocycles. The topological polar surface area (TPSA) is 57.7 Å². The lowest BCUT2D eigenvalue weighted by atomic mass is 10.2. The average molecular weight is 288 g/mol. The van der Waals surface area contributed by atoms with Gasteiger partial charge < -0.3 is 0 Å². The third kappa shape index (κ3) is 3.58. The van der Waals surface area contributed by atoms with Crippen molar-refractivity contribution in [2.24, 2.45) is 0 Å². The van der Waals surface area contributed by atoms with Gasteiger partial charge in [0, 0.05) is 6.54 Å². The van der Waals surface area contributed by atoms with E-state index in [2.05, 4.69) is 0 Å². The molecule has 1 amide bonds. The SMILES string of the molecule is C[C@H](C(=O)N1CCCS1(=O)=O)N(C)CC(F)(F)F. The highest BCUT2D eigenvalue weighted by molar-refractivity contribution is 7.89. The fourth-order valence-corrected chi connectivity index (χ4v) is 3.25. The molecule has 0 N–H and O–H groups in total. The van der Waals surface area contributed by atoms with E-state index in [-0.39, 0.29) is 12.3 Å². The van der Waals surface area contributed by atoms with Crippen molar-refractivity contribution >= 4 is 15.9 Å². The predicted octanol–water partition coefficient (Wildman–Crippen LogP) is 0.431. The van der Waals surface area contributed by atoms with Gasteiger partial charge in [-0.25, -0.2) is 12.7 Å². The van der Waals surface area contributed by atoms with Crippen LogP contribution in [0, 0.1) is 0 Å². The average Bonchev–Trinajstić information content (AvgIpc) is 2.53. The molecule has 0 radical (unpaired) electrons. The normalized spacial score (nSPS) is 21.3. The van der Waals surface area contributed by atoms with Gasteiger partial charge in [-0.2, -0.15) is 13.2 Å². The maximum atomic E-state index is 12.2. The molecule has 0 spiro atoms. The van der Waals surface area contributed by atoms with E-state index in [0.717, 1.165) is 11.9 Å². The fourth-order valence-electron chi connectivity index (χ4n) is 1.70. The summed E-state index contributed by atoms with van der Waals surface area (Å²) in [5.41, 5.74) is 0. The second-order valence-electron chi connectivity index (χ2n) is 4.29. The summed E-state index contributed by atoms with van der Waals surface area (Å²) in [7, 11) is -2.50. The number of amides is 1. The number of hydrogen-bond donors (Lipinski definition) is 0. The second-order valence-corrected chi connectivity index (χ2v) is 6.30. The van der Waals surface area contributed by atoms with E-state index in [0.29, 0.717) is 10.7 Å². The van der Waals surface area contributed by atoms with Crippen LogP contribution in [0.2, 0.25) is 0 Å². The largest absolute Gasteiger partial charge is 0.401 e. The molecule has 9 heteroatoms. The van der Waals surface area contributed by atoms with Crippen LogP contribution in [0.25, 0.3) is 0 Å². The number of likely N-dealkylation sites (N-methyl/N-ethyl adjacent to an activating group) is 1. The highest BCUT2D eigenvalue weighted by Gasteiger charge is 2.38. The van der Waals surface area contributed by atoms with Crippen LogP contribution in [0.4, 0.5) is 13.2 Å². The molecular formula is C9H15F3N2O3S. The Morgan fingerprint density at radius 1 is 1.44 bits per heavy atom. The number of sulfonamides is 1. The zero-order chi connectivity index (χ0) is 14.1. The summed E-state index contributed by atoms with van der Waals surface area (Å²) in [5.74, 6) is -0.937. The molecule has 5 nitrogen and oxygen atoms in total. The Kier molecular flexibility index (Phi) is 4.26. The minimum Gasteiger partial charge on any atom is -0.287 e. The summed E-state index contributed by atoms with van der Waals surface area (Å²) in [6.45, 7) is 0.0566. The lowest BCUT2D eigenvalue weighted by Gasteiger charge is -2.27. The van der Waals surface area contributed by atoms with Crippen molar-refractivity contribution in [1.82, 2.24) is 9.21 Å². The lowest BCUT2D eigenvalue weighted by molar-refractivity contribution is -0.152. The molecule has 0 aromatic rings. The molecule has 1 aliphatic heterocycles. The van der Waals surface area contributed by atoms with E-state index in [1.165, 1.54) is 6.92 Å². The summed E-state index contributed by atoms with van der Waals surface area (Å²) in [5, 5.41) is 0. The monoisotopic (exact) mass is 288 g/mol. The van der Waals surface area contributed by atoms with Gasteiger partial charge in [0.25, 0.3) is 5.91 Å². The predicted molar refractivity (Wildman–Crippen MR) is 58.3 cm³/mol. The number of nitrogens with zero attached hydrogens (tertiary/aromatic N) is 2. The Bertz CT molecular complexity index is 421. The van der Waals surface area contributed by atoms with Gasteiger partial charge >= 0.3 is 6.18 Å². The van der Waals surface area contributed by atoms with Gasteiger partial charge in [-0.05, 0) is 20.4 Å². The van der Waals surface area contributed by atoms with Gasteiger partial charge in [-0.3, -0.25) is 9.69 Å². The summed E-state index contributed by atoms with van der Waals surface area (Å²) in [4.78, 5) is 12.6. The molecule has 0 unspecified atom stereocenters. The Labute approximate surface area is 104 Å². The van der Waals surface area contributed by atoms with Gasteiger partial charge in [0.15, 0.2) is 0 Å². The van der Waals surface area contributed by atoms with Crippen LogP contribution < -0.4 is 0 Å². The number of alkyl halides is 3. The first-order valence-electron chi connectivity index (χ1n) is 5.36. The van der Waals surface area contributed by atoms with Gasteiger partial charge in [-0.1, -0.05) is 0 Å².